The van der Waals surface area contributed by atoms with Crippen molar-refractivity contribution in [3.8, 4) is 5.75 Å². The second kappa shape index (κ2) is 9.90. The first-order chi connectivity index (χ1) is 13.6. The topological polar surface area (TPSA) is 61.9 Å². The van der Waals surface area contributed by atoms with Crippen molar-refractivity contribution in [1.29, 1.82) is 0 Å². The van der Waals surface area contributed by atoms with E-state index in [0.29, 0.717) is 18.8 Å². The van der Waals surface area contributed by atoms with Gasteiger partial charge in [0.2, 0.25) is 5.91 Å². The summed E-state index contributed by atoms with van der Waals surface area (Å²) in [6.45, 7) is 5.84. The van der Waals surface area contributed by atoms with Gasteiger partial charge >= 0.3 is 0 Å². The predicted molar refractivity (Wildman–Crippen MR) is 108 cm³/mol. The molecule has 0 aliphatic carbocycles. The van der Waals surface area contributed by atoms with Gasteiger partial charge in [0.05, 0.1) is 6.54 Å². The van der Waals surface area contributed by atoms with Crippen molar-refractivity contribution >= 4 is 11.8 Å². The number of piperazine rings is 1. The van der Waals surface area contributed by atoms with Gasteiger partial charge in [0.1, 0.15) is 5.75 Å². The van der Waals surface area contributed by atoms with Gasteiger partial charge in [-0.05, 0) is 24.6 Å². The Labute approximate surface area is 166 Å². The van der Waals surface area contributed by atoms with E-state index in [2.05, 4.69) is 22.3 Å². The lowest BCUT2D eigenvalue weighted by Crippen LogP contribution is -2.51. The first-order valence-electron chi connectivity index (χ1n) is 9.60. The first kappa shape index (κ1) is 19.9. The number of carbonyl (C=O) groups excluding carboxylic acids is 2. The first-order valence-corrected chi connectivity index (χ1v) is 9.60. The van der Waals surface area contributed by atoms with Crippen LogP contribution in [0.15, 0.2) is 54.6 Å². The molecule has 6 heteroatoms. The molecule has 1 fully saturated rings. The van der Waals surface area contributed by atoms with Crippen LogP contribution in [-0.2, 0) is 16.1 Å². The molecule has 1 aliphatic heterocycles. The van der Waals surface area contributed by atoms with Crippen molar-refractivity contribution < 1.29 is 14.3 Å². The van der Waals surface area contributed by atoms with Crippen LogP contribution in [0.3, 0.4) is 0 Å². The number of hydrogen-bond donors (Lipinski definition) is 1. The molecule has 148 valence electrons. The number of aryl methyl sites for hydroxylation is 1. The summed E-state index contributed by atoms with van der Waals surface area (Å²) in [5.74, 6) is 0.293. The lowest BCUT2D eigenvalue weighted by atomic mass is 10.2. The second-order valence-corrected chi connectivity index (χ2v) is 7.02. The number of nitrogens with zero attached hydrogens (tertiary/aromatic N) is 2. The summed E-state index contributed by atoms with van der Waals surface area (Å²) in [5.41, 5.74) is 2.41. The molecule has 1 saturated heterocycles. The SMILES string of the molecule is Cc1ccc(OCC(=O)NCC(=O)N2CCN(Cc3ccccc3)CC2)cc1. The van der Waals surface area contributed by atoms with Gasteiger partial charge in [-0.2, -0.15) is 0 Å². The summed E-state index contributed by atoms with van der Waals surface area (Å²) in [4.78, 5) is 28.4. The largest absolute Gasteiger partial charge is 0.484 e. The van der Waals surface area contributed by atoms with Gasteiger partial charge in [-0.1, -0.05) is 48.0 Å². The van der Waals surface area contributed by atoms with E-state index in [4.69, 9.17) is 4.74 Å². The van der Waals surface area contributed by atoms with Gasteiger partial charge in [0, 0.05) is 32.7 Å². The van der Waals surface area contributed by atoms with Crippen molar-refractivity contribution in [3.05, 3.63) is 65.7 Å². The summed E-state index contributed by atoms with van der Waals surface area (Å²) < 4.78 is 5.43. The molecule has 2 amide bonds. The molecule has 2 aromatic rings. The average Bonchev–Trinajstić information content (AvgIpc) is 2.73. The van der Waals surface area contributed by atoms with Gasteiger partial charge in [-0.25, -0.2) is 0 Å². The monoisotopic (exact) mass is 381 g/mol. The Morgan fingerprint density at radius 1 is 0.964 bits per heavy atom. The molecule has 0 saturated carbocycles. The molecular weight excluding hydrogens is 354 g/mol. The zero-order valence-electron chi connectivity index (χ0n) is 16.3. The number of amides is 2. The quantitative estimate of drug-likeness (QED) is 0.795. The molecule has 0 aromatic heterocycles. The van der Waals surface area contributed by atoms with E-state index in [-0.39, 0.29) is 25.0 Å². The molecule has 2 aromatic carbocycles. The normalized spacial score (nSPS) is 14.5. The van der Waals surface area contributed by atoms with E-state index >= 15 is 0 Å². The van der Waals surface area contributed by atoms with Crippen molar-refractivity contribution in [2.45, 2.75) is 13.5 Å². The number of hydrogen-bond acceptors (Lipinski definition) is 4. The van der Waals surface area contributed by atoms with Crippen LogP contribution < -0.4 is 10.1 Å². The Kier molecular flexibility index (Phi) is 7.03. The van der Waals surface area contributed by atoms with Gasteiger partial charge in [0.15, 0.2) is 6.61 Å². The maximum atomic E-state index is 12.3. The lowest BCUT2D eigenvalue weighted by molar-refractivity contribution is -0.134. The third-order valence-corrected chi connectivity index (χ3v) is 4.80. The highest BCUT2D eigenvalue weighted by molar-refractivity contribution is 5.85. The summed E-state index contributed by atoms with van der Waals surface area (Å²) in [5, 5.41) is 2.64. The Morgan fingerprint density at radius 3 is 2.32 bits per heavy atom. The number of benzene rings is 2. The van der Waals surface area contributed by atoms with Crippen molar-refractivity contribution in [1.82, 2.24) is 15.1 Å². The molecule has 0 bridgehead atoms. The maximum absolute atomic E-state index is 12.3. The highest BCUT2D eigenvalue weighted by atomic mass is 16.5. The molecule has 0 atom stereocenters. The minimum Gasteiger partial charge on any atom is -0.484 e. The van der Waals surface area contributed by atoms with Gasteiger partial charge in [0.25, 0.3) is 5.91 Å². The third kappa shape index (κ3) is 6.09. The number of ether oxygens (including phenoxy) is 1. The number of rotatable bonds is 7. The van der Waals surface area contributed by atoms with Gasteiger partial charge in [-0.15, -0.1) is 0 Å². The molecule has 3 rings (SSSR count). The Morgan fingerprint density at radius 2 is 1.64 bits per heavy atom. The Bertz CT molecular complexity index is 769. The van der Waals surface area contributed by atoms with E-state index in [9.17, 15) is 9.59 Å². The van der Waals surface area contributed by atoms with Crippen LogP contribution in [-0.4, -0.2) is 60.9 Å². The molecule has 6 nitrogen and oxygen atoms in total. The maximum Gasteiger partial charge on any atom is 0.258 e. The molecular formula is C22H27N3O3. The highest BCUT2D eigenvalue weighted by Crippen LogP contribution is 2.11. The van der Waals surface area contributed by atoms with Crippen molar-refractivity contribution in [3.63, 3.8) is 0 Å². The van der Waals surface area contributed by atoms with Crippen LogP contribution in [0, 0.1) is 6.92 Å². The van der Waals surface area contributed by atoms with Crippen LogP contribution in [0.4, 0.5) is 0 Å². The smallest absolute Gasteiger partial charge is 0.258 e. The molecule has 0 unspecified atom stereocenters. The fourth-order valence-electron chi connectivity index (χ4n) is 3.12. The van der Waals surface area contributed by atoms with E-state index < -0.39 is 0 Å². The van der Waals surface area contributed by atoms with E-state index in [0.717, 1.165) is 25.2 Å². The lowest BCUT2D eigenvalue weighted by Gasteiger charge is -2.34. The fourth-order valence-corrected chi connectivity index (χ4v) is 3.12. The van der Waals surface area contributed by atoms with Crippen LogP contribution in [0.25, 0.3) is 0 Å². The van der Waals surface area contributed by atoms with Crippen LogP contribution in [0.1, 0.15) is 11.1 Å². The molecule has 28 heavy (non-hydrogen) atoms. The highest BCUT2D eigenvalue weighted by Gasteiger charge is 2.21. The Hall–Kier alpha value is -2.86. The summed E-state index contributed by atoms with van der Waals surface area (Å²) in [6, 6.07) is 17.8. The molecule has 0 spiro atoms. The van der Waals surface area contributed by atoms with E-state index in [1.807, 2.05) is 54.3 Å². The average molecular weight is 381 g/mol. The van der Waals surface area contributed by atoms with Gasteiger partial charge < -0.3 is 15.0 Å². The second-order valence-electron chi connectivity index (χ2n) is 7.02. The summed E-state index contributed by atoms with van der Waals surface area (Å²) in [6.07, 6.45) is 0. The molecule has 1 heterocycles. The Balaban J connectivity index is 1.34. The zero-order valence-corrected chi connectivity index (χ0v) is 16.3. The minimum atomic E-state index is -0.295. The fraction of sp³-hybridized carbons (Fsp3) is 0.364. The van der Waals surface area contributed by atoms with Crippen LogP contribution >= 0.6 is 0 Å². The predicted octanol–water partition coefficient (Wildman–Crippen LogP) is 1.83. The van der Waals surface area contributed by atoms with Gasteiger partial charge in [-0.3, -0.25) is 14.5 Å². The minimum absolute atomic E-state index is 0.00871. The molecule has 1 aliphatic rings. The third-order valence-electron chi connectivity index (χ3n) is 4.80. The molecule has 1 N–H and O–H groups in total. The number of carbonyl (C=O) groups is 2. The van der Waals surface area contributed by atoms with Crippen molar-refractivity contribution in [2.75, 3.05) is 39.3 Å². The standard InChI is InChI=1S/C22H27N3O3/c1-18-7-9-20(10-8-18)28-17-21(26)23-15-22(27)25-13-11-24(12-14-25)16-19-5-3-2-4-6-19/h2-10H,11-17H2,1H3,(H,23,26). The molecule has 0 radical (unpaired) electrons. The number of nitrogens with one attached hydrogen (secondary N) is 1. The van der Waals surface area contributed by atoms with Crippen molar-refractivity contribution in [2.24, 2.45) is 0 Å². The zero-order chi connectivity index (χ0) is 19.8. The summed E-state index contributed by atoms with van der Waals surface area (Å²) >= 11 is 0. The van der Waals surface area contributed by atoms with E-state index in [1.165, 1.54) is 5.56 Å². The van der Waals surface area contributed by atoms with Crippen LogP contribution in [0.5, 0.6) is 5.75 Å². The van der Waals surface area contributed by atoms with E-state index in [1.54, 1.807) is 0 Å². The van der Waals surface area contributed by atoms with Crippen LogP contribution in [0.2, 0.25) is 0 Å². The summed E-state index contributed by atoms with van der Waals surface area (Å²) in [7, 11) is 0.